The number of ether oxygens (including phenoxy) is 2. The van der Waals surface area contributed by atoms with Crippen LogP contribution in [0.5, 0.6) is 0 Å². The molecule has 1 spiro atoms. The summed E-state index contributed by atoms with van der Waals surface area (Å²) in [6.45, 7) is 6.37. The molecular formula is C49H75NO9. The lowest BCUT2D eigenvalue weighted by Crippen LogP contribution is -2.86. The number of allylic oxidation sites excluding steroid dienone is 1. The Hall–Kier alpha value is -1.66. The van der Waals surface area contributed by atoms with E-state index in [1.165, 1.54) is 12.8 Å². The van der Waals surface area contributed by atoms with E-state index < -0.39 is 63.2 Å². The molecule has 8 aliphatic carbocycles. The lowest BCUT2D eigenvalue weighted by molar-refractivity contribution is -0.379. The van der Waals surface area contributed by atoms with Crippen LogP contribution in [0.15, 0.2) is 23.3 Å². The van der Waals surface area contributed by atoms with Crippen molar-refractivity contribution in [2.75, 3.05) is 26.8 Å². The average Bonchev–Trinajstić information content (AvgIpc) is 3.90. The molecule has 9 aliphatic rings. The summed E-state index contributed by atoms with van der Waals surface area (Å²) in [7, 11) is 1.69. The van der Waals surface area contributed by atoms with Gasteiger partial charge in [-0.15, -0.1) is 0 Å². The van der Waals surface area contributed by atoms with Crippen molar-refractivity contribution in [1.82, 2.24) is 5.32 Å². The number of hydrogen-bond donors (Lipinski definition) is 6. The third-order valence-electron chi connectivity index (χ3n) is 19.7. The van der Waals surface area contributed by atoms with Crippen molar-refractivity contribution in [3.05, 3.63) is 23.3 Å². The SMILES string of the molecule is CCCCCC1CC2(C=O)C3CCC45CCCCC67OC(=O)C=C6C4C(C=C7CNCCCOC)CC5(O)C3(O)C(O)C3CC(C(C)C4CCCC4)CCC(C1O)C32O. The number of aldehydes is 1. The lowest BCUT2D eigenvalue weighted by atomic mass is 9.34. The molecule has 0 saturated heterocycles. The summed E-state index contributed by atoms with van der Waals surface area (Å²) >= 11 is 0. The minimum atomic E-state index is -2.12. The first kappa shape index (κ1) is 42.6. The van der Waals surface area contributed by atoms with Gasteiger partial charge in [-0.2, -0.15) is 0 Å². The molecule has 7 saturated carbocycles. The highest BCUT2D eigenvalue weighted by molar-refractivity contribution is 5.88. The fourth-order valence-corrected chi connectivity index (χ4v) is 17.1. The van der Waals surface area contributed by atoms with E-state index in [1.807, 2.05) is 0 Å². The zero-order chi connectivity index (χ0) is 41.6. The van der Waals surface area contributed by atoms with Gasteiger partial charge in [-0.25, -0.2) is 4.79 Å². The zero-order valence-corrected chi connectivity index (χ0v) is 36.2. The van der Waals surface area contributed by atoms with Crippen molar-refractivity contribution in [3.63, 3.8) is 0 Å². The average molecular weight is 822 g/mol. The summed E-state index contributed by atoms with van der Waals surface area (Å²) in [5.74, 6) is -2.55. The number of unbranched alkanes of at least 4 members (excludes halogenated alkanes) is 2. The molecule has 1 heterocycles. The molecule has 6 N–H and O–H groups in total. The summed E-state index contributed by atoms with van der Waals surface area (Å²) in [5, 5.41) is 71.4. The van der Waals surface area contributed by atoms with Crippen LogP contribution in [0.4, 0.5) is 0 Å². The maximum Gasteiger partial charge on any atom is 0.332 e. The molecule has 0 amide bonds. The summed E-state index contributed by atoms with van der Waals surface area (Å²) in [6.07, 6.45) is 17.7. The molecule has 10 nitrogen and oxygen atoms in total. The maximum atomic E-state index is 14.5. The van der Waals surface area contributed by atoms with Crippen molar-refractivity contribution >= 4 is 12.3 Å². The minimum absolute atomic E-state index is 0.136. The molecule has 2 bridgehead atoms. The van der Waals surface area contributed by atoms with Crippen molar-refractivity contribution in [2.24, 2.45) is 64.1 Å². The monoisotopic (exact) mass is 822 g/mol. The first-order valence-corrected chi connectivity index (χ1v) is 24.2. The van der Waals surface area contributed by atoms with E-state index in [9.17, 15) is 35.1 Å². The Morgan fingerprint density at radius 1 is 0.932 bits per heavy atom. The van der Waals surface area contributed by atoms with Gasteiger partial charge in [0.2, 0.25) is 0 Å². The van der Waals surface area contributed by atoms with Gasteiger partial charge in [0.05, 0.1) is 23.2 Å². The molecule has 0 radical (unpaired) electrons. The fraction of sp³-hybridized carbons (Fsp3) is 0.878. The molecule has 1 aliphatic heterocycles. The second-order valence-corrected chi connectivity index (χ2v) is 21.6. The van der Waals surface area contributed by atoms with Gasteiger partial charge in [0.25, 0.3) is 0 Å². The van der Waals surface area contributed by atoms with Crippen LogP contribution < -0.4 is 5.32 Å². The van der Waals surface area contributed by atoms with Crippen molar-refractivity contribution in [1.29, 1.82) is 0 Å². The Balaban J connectivity index is 1.18. The zero-order valence-electron chi connectivity index (χ0n) is 36.2. The molecular weight excluding hydrogens is 747 g/mol. The van der Waals surface area contributed by atoms with Gasteiger partial charge >= 0.3 is 5.97 Å². The highest BCUT2D eigenvalue weighted by Gasteiger charge is 2.86. The number of fused-ring (bicyclic) bond motifs is 3. The Labute approximate surface area is 352 Å². The molecule has 0 aromatic carbocycles. The largest absolute Gasteiger partial charge is 0.447 e. The van der Waals surface area contributed by atoms with E-state index in [1.54, 1.807) is 13.2 Å². The number of aliphatic hydroxyl groups excluding tert-OH is 2. The normalized spacial score (nSPS) is 49.2. The van der Waals surface area contributed by atoms with Gasteiger partial charge in [-0.3, -0.25) is 0 Å². The third-order valence-corrected chi connectivity index (χ3v) is 19.7. The molecule has 16 unspecified atom stereocenters. The molecule has 10 heteroatoms. The summed E-state index contributed by atoms with van der Waals surface area (Å²) in [5.41, 5.74) is -7.06. The third kappa shape index (κ3) is 5.73. The van der Waals surface area contributed by atoms with E-state index in [0.29, 0.717) is 63.5 Å². The number of aliphatic hydroxyl groups is 5. The molecule has 0 aromatic heterocycles. The molecule has 9 rings (SSSR count). The van der Waals surface area contributed by atoms with Crippen molar-refractivity contribution < 1.29 is 44.6 Å². The van der Waals surface area contributed by atoms with Crippen LogP contribution in [0.25, 0.3) is 0 Å². The van der Waals surface area contributed by atoms with Crippen molar-refractivity contribution in [2.45, 2.75) is 177 Å². The Morgan fingerprint density at radius 2 is 1.71 bits per heavy atom. The van der Waals surface area contributed by atoms with Gasteiger partial charge in [0.15, 0.2) is 5.60 Å². The van der Waals surface area contributed by atoms with E-state index in [2.05, 4.69) is 25.2 Å². The summed E-state index contributed by atoms with van der Waals surface area (Å²) in [6, 6.07) is 0. The number of carbonyl (C=O) groups excluding carboxylic acids is 2. The number of esters is 1. The van der Waals surface area contributed by atoms with E-state index in [-0.39, 0.29) is 42.5 Å². The van der Waals surface area contributed by atoms with Crippen LogP contribution in [0.3, 0.4) is 0 Å². The predicted molar refractivity (Wildman–Crippen MR) is 223 cm³/mol. The smallest absolute Gasteiger partial charge is 0.332 e. The number of rotatable bonds is 13. The first-order valence-electron chi connectivity index (χ1n) is 24.2. The van der Waals surface area contributed by atoms with Crippen molar-refractivity contribution in [3.8, 4) is 0 Å². The number of nitrogens with one attached hydrogen (secondary N) is 1. The molecule has 59 heavy (non-hydrogen) atoms. The number of carbonyl (C=O) groups is 2. The highest BCUT2D eigenvalue weighted by atomic mass is 16.6. The predicted octanol–water partition coefficient (Wildman–Crippen LogP) is 5.95. The second kappa shape index (κ2) is 15.5. The van der Waals surface area contributed by atoms with Crippen LogP contribution in [0.1, 0.15) is 142 Å². The number of hydrogen-bond acceptors (Lipinski definition) is 10. The van der Waals surface area contributed by atoms with Gasteiger partial charge in [0.1, 0.15) is 17.5 Å². The lowest BCUT2D eigenvalue weighted by Gasteiger charge is -2.74. The topological polar surface area (TPSA) is 166 Å². The summed E-state index contributed by atoms with van der Waals surface area (Å²) < 4.78 is 11.7. The van der Waals surface area contributed by atoms with Gasteiger partial charge < -0.3 is 45.1 Å². The van der Waals surface area contributed by atoms with E-state index >= 15 is 0 Å². The number of methoxy groups -OCH3 is 1. The van der Waals surface area contributed by atoms with E-state index in [0.717, 1.165) is 88.2 Å². The first-order chi connectivity index (χ1) is 28.3. The quantitative estimate of drug-likeness (QED) is 0.0566. The van der Waals surface area contributed by atoms with Gasteiger partial charge in [-0.05, 0) is 130 Å². The molecule has 16 atom stereocenters. The van der Waals surface area contributed by atoms with Crippen LogP contribution in [-0.4, -0.2) is 99.2 Å². The molecule has 330 valence electrons. The highest BCUT2D eigenvalue weighted by Crippen LogP contribution is 2.78. The van der Waals surface area contributed by atoms with Crippen LogP contribution in [-0.2, 0) is 19.1 Å². The second-order valence-electron chi connectivity index (χ2n) is 21.6. The fourth-order valence-electron chi connectivity index (χ4n) is 17.1. The van der Waals surface area contributed by atoms with Crippen LogP contribution in [0, 0.1) is 64.1 Å². The Bertz CT molecular complexity index is 1680. The molecule has 0 aromatic rings. The standard InChI is InChI=1S/C49H75NO9/c1-4-5-6-14-33-26-45(29-51)39-17-20-44-18-9-10-19-46-35(28-50-21-11-22-58-3)23-34(41(44)37(46)25-40(52)59-46)27-47(44,55)49(39,57)43(54)38-24-32(30(2)31-12-7-8-13-31)15-16-36(42(33)53)48(38,45)56/h23,25,29-34,36,38-39,41-43,50,53-57H,4-22,24,26-28H2,1-3H3. The maximum absolute atomic E-state index is 14.5. The Morgan fingerprint density at radius 3 is 2.46 bits per heavy atom. The molecule has 7 fully saturated rings. The van der Waals surface area contributed by atoms with Gasteiger partial charge in [-0.1, -0.05) is 71.3 Å². The van der Waals surface area contributed by atoms with Crippen LogP contribution in [0.2, 0.25) is 0 Å². The Kier molecular flexibility index (Phi) is 11.2. The van der Waals surface area contributed by atoms with Gasteiger partial charge in [0, 0.05) is 49.5 Å². The van der Waals surface area contributed by atoms with Crippen LogP contribution >= 0.6 is 0 Å². The minimum Gasteiger partial charge on any atom is -0.447 e. The summed E-state index contributed by atoms with van der Waals surface area (Å²) in [4.78, 5) is 28.0. The van der Waals surface area contributed by atoms with E-state index in [4.69, 9.17) is 9.47 Å².